The number of likely N-dealkylation sites (N-methyl/N-ethyl adjacent to an activating group) is 1. The van der Waals surface area contributed by atoms with Gasteiger partial charge in [0.2, 0.25) is 5.91 Å². The molecule has 2 fully saturated rings. The van der Waals surface area contributed by atoms with Crippen molar-refractivity contribution < 1.29 is 4.79 Å². The monoisotopic (exact) mass is 266 g/mol. The summed E-state index contributed by atoms with van der Waals surface area (Å²) in [5.74, 6) is 2.71. The smallest absolute Gasteiger partial charge is 0.222 e. The molecule has 1 saturated carbocycles. The summed E-state index contributed by atoms with van der Waals surface area (Å²) in [5.41, 5.74) is 0. The lowest BCUT2D eigenvalue weighted by molar-refractivity contribution is -0.132. The molecule has 1 saturated heterocycles. The van der Waals surface area contributed by atoms with Crippen LogP contribution < -0.4 is 5.32 Å². The summed E-state index contributed by atoms with van der Waals surface area (Å²) in [6, 6.07) is 1.15. The number of carbonyl (C=O) groups is 1. The summed E-state index contributed by atoms with van der Waals surface area (Å²) in [6.45, 7) is 7.97. The summed E-state index contributed by atoms with van der Waals surface area (Å²) in [7, 11) is 1.93. The van der Waals surface area contributed by atoms with Crippen LogP contribution in [-0.2, 0) is 4.79 Å². The molecule has 2 rings (SSSR count). The summed E-state index contributed by atoms with van der Waals surface area (Å²) >= 11 is 0. The van der Waals surface area contributed by atoms with Gasteiger partial charge >= 0.3 is 0 Å². The van der Waals surface area contributed by atoms with Gasteiger partial charge in [0, 0.05) is 32.1 Å². The summed E-state index contributed by atoms with van der Waals surface area (Å²) in [5, 5.41) is 3.88. The number of likely N-dealkylation sites (tertiary alicyclic amines) is 1. The molecule has 0 bridgehead atoms. The van der Waals surface area contributed by atoms with E-state index in [1.807, 2.05) is 11.9 Å². The Morgan fingerprint density at radius 3 is 2.63 bits per heavy atom. The van der Waals surface area contributed by atoms with Gasteiger partial charge in [0.25, 0.3) is 0 Å². The van der Waals surface area contributed by atoms with Gasteiger partial charge in [-0.15, -0.1) is 0 Å². The molecule has 1 aliphatic carbocycles. The average molecular weight is 266 g/mol. The highest BCUT2D eigenvalue weighted by Crippen LogP contribution is 2.34. The number of carbonyl (C=O) groups excluding carboxylic acids is 1. The van der Waals surface area contributed by atoms with Gasteiger partial charge in [-0.2, -0.15) is 0 Å². The number of piperidine rings is 1. The van der Waals surface area contributed by atoms with Crippen LogP contribution in [-0.4, -0.2) is 36.5 Å². The first-order chi connectivity index (χ1) is 8.97. The first kappa shape index (κ1) is 14.8. The molecular weight excluding hydrogens is 236 g/mol. The van der Waals surface area contributed by atoms with Gasteiger partial charge < -0.3 is 10.2 Å². The lowest BCUT2D eigenvalue weighted by atomic mass is 9.73. The van der Waals surface area contributed by atoms with E-state index in [0.29, 0.717) is 24.4 Å². The van der Waals surface area contributed by atoms with Crippen LogP contribution in [0.3, 0.4) is 0 Å². The molecule has 3 nitrogen and oxygen atoms in total. The molecule has 19 heavy (non-hydrogen) atoms. The Balaban J connectivity index is 1.93. The molecule has 1 aliphatic heterocycles. The van der Waals surface area contributed by atoms with Crippen LogP contribution in [0.5, 0.6) is 0 Å². The van der Waals surface area contributed by atoms with Gasteiger partial charge in [0.1, 0.15) is 0 Å². The van der Waals surface area contributed by atoms with Crippen molar-refractivity contribution in [2.75, 3.05) is 13.6 Å². The van der Waals surface area contributed by atoms with E-state index in [1.165, 1.54) is 19.3 Å². The quantitative estimate of drug-likeness (QED) is 0.852. The maximum Gasteiger partial charge on any atom is 0.222 e. The second-order valence-electron chi connectivity index (χ2n) is 7.11. The van der Waals surface area contributed by atoms with E-state index in [4.69, 9.17) is 0 Å². The topological polar surface area (TPSA) is 32.3 Å². The fourth-order valence-corrected chi connectivity index (χ4v) is 3.84. The highest BCUT2D eigenvalue weighted by atomic mass is 16.2. The first-order valence-corrected chi connectivity index (χ1v) is 7.97. The average Bonchev–Trinajstić information content (AvgIpc) is 2.33. The second kappa shape index (κ2) is 6.25. The predicted molar refractivity (Wildman–Crippen MR) is 78.9 cm³/mol. The van der Waals surface area contributed by atoms with Crippen LogP contribution in [0.15, 0.2) is 0 Å². The lowest BCUT2D eigenvalue weighted by Crippen LogP contribution is -2.53. The van der Waals surface area contributed by atoms with Crippen molar-refractivity contribution in [3.8, 4) is 0 Å². The van der Waals surface area contributed by atoms with Crippen molar-refractivity contribution in [3.05, 3.63) is 0 Å². The number of amides is 1. The van der Waals surface area contributed by atoms with Gasteiger partial charge in [-0.05, 0) is 37.0 Å². The third-order valence-corrected chi connectivity index (χ3v) is 5.10. The molecule has 0 aromatic rings. The Morgan fingerprint density at radius 2 is 2.00 bits per heavy atom. The van der Waals surface area contributed by atoms with Crippen molar-refractivity contribution in [1.29, 1.82) is 0 Å². The zero-order valence-corrected chi connectivity index (χ0v) is 13.0. The predicted octanol–water partition coefficient (Wildman–Crippen LogP) is 2.66. The van der Waals surface area contributed by atoms with Gasteiger partial charge in [0.15, 0.2) is 0 Å². The molecule has 4 unspecified atom stereocenters. The zero-order chi connectivity index (χ0) is 14.0. The van der Waals surface area contributed by atoms with E-state index in [0.717, 1.165) is 30.7 Å². The Labute approximate surface area is 118 Å². The van der Waals surface area contributed by atoms with E-state index in [1.54, 1.807) is 0 Å². The normalized spacial score (nSPS) is 36.9. The second-order valence-corrected chi connectivity index (χ2v) is 7.11. The molecule has 0 radical (unpaired) electrons. The largest absolute Gasteiger partial charge is 0.344 e. The number of hydrogen-bond donors (Lipinski definition) is 1. The maximum absolute atomic E-state index is 11.6. The first-order valence-electron chi connectivity index (χ1n) is 7.97. The number of hydrogen-bond acceptors (Lipinski definition) is 2. The minimum absolute atomic E-state index is 0.301. The SMILES string of the molecule is CC1CCC(C(C)C)C(NC2CCC(=O)N(C)C2)C1. The molecule has 2 aliphatic rings. The Bertz CT molecular complexity index is 316. The Kier molecular flexibility index (Phi) is 4.88. The highest BCUT2D eigenvalue weighted by Gasteiger charge is 2.33. The molecule has 0 aromatic heterocycles. The number of nitrogens with one attached hydrogen (secondary N) is 1. The fraction of sp³-hybridized carbons (Fsp3) is 0.938. The van der Waals surface area contributed by atoms with Crippen molar-refractivity contribution in [3.63, 3.8) is 0 Å². The van der Waals surface area contributed by atoms with E-state index in [-0.39, 0.29) is 0 Å². The van der Waals surface area contributed by atoms with Gasteiger partial charge in [0.05, 0.1) is 0 Å². The number of rotatable bonds is 3. The molecule has 3 heteroatoms. The van der Waals surface area contributed by atoms with Crippen LogP contribution in [0, 0.1) is 17.8 Å². The van der Waals surface area contributed by atoms with Crippen LogP contribution in [0.2, 0.25) is 0 Å². The third kappa shape index (κ3) is 3.71. The van der Waals surface area contributed by atoms with Crippen molar-refractivity contribution in [2.24, 2.45) is 17.8 Å². The minimum Gasteiger partial charge on any atom is -0.344 e. The third-order valence-electron chi connectivity index (χ3n) is 5.10. The molecule has 1 heterocycles. The van der Waals surface area contributed by atoms with Crippen molar-refractivity contribution in [1.82, 2.24) is 10.2 Å². The maximum atomic E-state index is 11.6. The summed E-state index contributed by atoms with van der Waals surface area (Å²) < 4.78 is 0. The van der Waals surface area contributed by atoms with Crippen LogP contribution in [0.1, 0.15) is 52.9 Å². The van der Waals surface area contributed by atoms with Crippen LogP contribution in [0.4, 0.5) is 0 Å². The van der Waals surface area contributed by atoms with Gasteiger partial charge in [-0.3, -0.25) is 4.79 Å². The van der Waals surface area contributed by atoms with Crippen molar-refractivity contribution in [2.45, 2.75) is 65.0 Å². The molecular formula is C16H30N2O. The minimum atomic E-state index is 0.301. The molecule has 0 spiro atoms. The standard InChI is InChI=1S/C16H30N2O/c1-11(2)14-7-5-12(3)9-15(14)17-13-6-8-16(19)18(4)10-13/h11-15,17H,5-10H2,1-4H3. The van der Waals surface area contributed by atoms with Crippen molar-refractivity contribution >= 4 is 5.91 Å². The van der Waals surface area contributed by atoms with E-state index in [9.17, 15) is 4.79 Å². The zero-order valence-electron chi connectivity index (χ0n) is 13.0. The lowest BCUT2D eigenvalue weighted by Gasteiger charge is -2.41. The van der Waals surface area contributed by atoms with Crippen LogP contribution in [0.25, 0.3) is 0 Å². The Morgan fingerprint density at radius 1 is 1.26 bits per heavy atom. The van der Waals surface area contributed by atoms with Gasteiger partial charge in [-0.25, -0.2) is 0 Å². The van der Waals surface area contributed by atoms with E-state index in [2.05, 4.69) is 26.1 Å². The van der Waals surface area contributed by atoms with E-state index >= 15 is 0 Å². The summed E-state index contributed by atoms with van der Waals surface area (Å²) in [4.78, 5) is 13.4. The fourth-order valence-electron chi connectivity index (χ4n) is 3.84. The molecule has 1 N–H and O–H groups in total. The number of nitrogens with zero attached hydrogens (tertiary/aromatic N) is 1. The molecule has 0 aromatic carbocycles. The molecule has 1 amide bonds. The Hall–Kier alpha value is -0.570. The summed E-state index contributed by atoms with van der Waals surface area (Å²) in [6.07, 6.45) is 5.76. The van der Waals surface area contributed by atoms with Crippen LogP contribution >= 0.6 is 0 Å². The van der Waals surface area contributed by atoms with E-state index < -0.39 is 0 Å². The molecule has 4 atom stereocenters. The van der Waals surface area contributed by atoms with Gasteiger partial charge in [-0.1, -0.05) is 27.2 Å². The molecule has 110 valence electrons. The highest BCUT2D eigenvalue weighted by molar-refractivity contribution is 5.76.